The van der Waals surface area contributed by atoms with Crippen molar-refractivity contribution in [3.05, 3.63) is 33.1 Å². The van der Waals surface area contributed by atoms with Crippen LogP contribution in [0.25, 0.3) is 0 Å². The van der Waals surface area contributed by atoms with Crippen molar-refractivity contribution < 1.29 is 0 Å². The summed E-state index contributed by atoms with van der Waals surface area (Å²) in [6, 6.07) is 1.25. The van der Waals surface area contributed by atoms with Gasteiger partial charge >= 0.3 is 5.69 Å². The zero-order valence-corrected chi connectivity index (χ0v) is 8.45. The van der Waals surface area contributed by atoms with E-state index < -0.39 is 11.2 Å². The smallest absolute Gasteiger partial charge is 0.328 e. The van der Waals surface area contributed by atoms with Crippen LogP contribution in [0.3, 0.4) is 0 Å². The summed E-state index contributed by atoms with van der Waals surface area (Å²) < 4.78 is 1.27. The molecule has 0 amide bonds. The minimum Gasteiger partial charge on any atom is -0.375 e. The maximum Gasteiger partial charge on any atom is 0.328 e. The Balaban J connectivity index is 2.66. The molecule has 0 spiro atoms. The topological polar surface area (TPSA) is 105 Å². The van der Waals surface area contributed by atoms with Crippen LogP contribution in [0, 0.1) is 0 Å². The van der Waals surface area contributed by atoms with Gasteiger partial charge in [0.05, 0.1) is 6.54 Å². The Morgan fingerprint density at radius 2 is 2.47 bits per heavy atom. The molecule has 0 unspecified atom stereocenters. The van der Waals surface area contributed by atoms with Crippen LogP contribution in [0.2, 0.25) is 0 Å². The highest BCUT2D eigenvalue weighted by atomic mass is 32.1. The van der Waals surface area contributed by atoms with Gasteiger partial charge < -0.3 is 5.73 Å². The molecule has 1 rings (SSSR count). The van der Waals surface area contributed by atoms with Gasteiger partial charge in [0.25, 0.3) is 5.56 Å². The summed E-state index contributed by atoms with van der Waals surface area (Å²) in [5.41, 5.74) is 6.52. The highest BCUT2D eigenvalue weighted by molar-refractivity contribution is 7.80. The van der Waals surface area contributed by atoms with Crippen LogP contribution in [0.4, 0.5) is 0 Å². The van der Waals surface area contributed by atoms with Gasteiger partial charge in [-0.15, -0.1) is 0 Å². The second-order valence-corrected chi connectivity index (χ2v) is 2.99. The average Bonchev–Trinajstić information content (AvgIpc) is 2.14. The van der Waals surface area contributed by atoms with Crippen LogP contribution in [-0.2, 0) is 6.54 Å². The van der Waals surface area contributed by atoms with Gasteiger partial charge in [-0.25, -0.2) is 4.79 Å². The molecule has 80 valence electrons. The summed E-state index contributed by atoms with van der Waals surface area (Å²) in [7, 11) is 0. The van der Waals surface area contributed by atoms with Gasteiger partial charge in [0.15, 0.2) is 5.11 Å². The van der Waals surface area contributed by atoms with Gasteiger partial charge in [-0.2, -0.15) is 5.10 Å². The lowest BCUT2D eigenvalue weighted by atomic mass is 10.6. The molecule has 0 atom stereocenters. The molecule has 8 heteroatoms. The fourth-order valence-electron chi connectivity index (χ4n) is 0.826. The van der Waals surface area contributed by atoms with E-state index in [1.54, 1.807) is 0 Å². The minimum atomic E-state index is -0.496. The van der Waals surface area contributed by atoms with Crippen molar-refractivity contribution in [1.29, 1.82) is 0 Å². The molecule has 7 nitrogen and oxygen atoms in total. The first-order chi connectivity index (χ1) is 7.09. The molecule has 1 aromatic rings. The summed E-state index contributed by atoms with van der Waals surface area (Å²) in [5, 5.41) is 3.68. The lowest BCUT2D eigenvalue weighted by molar-refractivity contribution is 0.761. The maximum atomic E-state index is 11.1. The lowest BCUT2D eigenvalue weighted by Gasteiger charge is -1.98. The second-order valence-electron chi connectivity index (χ2n) is 2.55. The molecular formula is C7H9N5O2S. The first kappa shape index (κ1) is 11.1. The number of aromatic amines is 1. The largest absolute Gasteiger partial charge is 0.375 e. The van der Waals surface area contributed by atoms with Crippen LogP contribution in [0.15, 0.2) is 27.0 Å². The van der Waals surface area contributed by atoms with E-state index >= 15 is 0 Å². The zero-order chi connectivity index (χ0) is 11.3. The Morgan fingerprint density at radius 1 is 1.73 bits per heavy atom. The highest BCUT2D eigenvalue weighted by Gasteiger charge is 1.92. The van der Waals surface area contributed by atoms with Crippen molar-refractivity contribution in [2.75, 3.05) is 0 Å². The van der Waals surface area contributed by atoms with E-state index in [4.69, 9.17) is 5.73 Å². The molecule has 0 radical (unpaired) electrons. The van der Waals surface area contributed by atoms with Crippen LogP contribution in [0.5, 0.6) is 0 Å². The van der Waals surface area contributed by atoms with Gasteiger partial charge in [-0.05, 0) is 12.2 Å². The molecule has 0 saturated heterocycles. The van der Waals surface area contributed by atoms with Crippen LogP contribution in [-0.4, -0.2) is 20.9 Å². The van der Waals surface area contributed by atoms with Crippen molar-refractivity contribution in [1.82, 2.24) is 15.0 Å². The standard InChI is InChI=1S/C7H9N5O2S/c8-6(15)11-9-2-4-12-3-1-5(13)10-7(12)14/h1-3H,4H2,(H3,8,11,15)(H,10,13,14)/b9-2+. The number of hydrogen-bond donors (Lipinski definition) is 3. The number of hydrazone groups is 1. The average molecular weight is 227 g/mol. The molecule has 15 heavy (non-hydrogen) atoms. The number of nitrogens with two attached hydrogens (primary N) is 1. The molecule has 0 aliphatic rings. The monoisotopic (exact) mass is 227 g/mol. The summed E-state index contributed by atoms with van der Waals surface area (Å²) in [5.74, 6) is 0. The number of hydrogen-bond acceptors (Lipinski definition) is 4. The predicted octanol–water partition coefficient (Wildman–Crippen LogP) is -1.64. The van der Waals surface area contributed by atoms with Gasteiger partial charge in [0, 0.05) is 18.5 Å². The molecule has 4 N–H and O–H groups in total. The predicted molar refractivity (Wildman–Crippen MR) is 59.7 cm³/mol. The number of nitrogens with one attached hydrogen (secondary N) is 2. The Bertz CT molecular complexity index is 489. The molecule has 1 heterocycles. The van der Waals surface area contributed by atoms with Crippen molar-refractivity contribution in [2.24, 2.45) is 10.8 Å². The van der Waals surface area contributed by atoms with Crippen molar-refractivity contribution in [3.8, 4) is 0 Å². The molecule has 1 aromatic heterocycles. The normalized spacial score (nSPS) is 10.4. The number of nitrogens with zero attached hydrogens (tertiary/aromatic N) is 2. The molecule has 0 aromatic carbocycles. The molecular weight excluding hydrogens is 218 g/mol. The van der Waals surface area contributed by atoms with E-state index in [1.165, 1.54) is 23.0 Å². The first-order valence-electron chi connectivity index (χ1n) is 3.96. The lowest BCUT2D eigenvalue weighted by Crippen LogP contribution is -2.29. The summed E-state index contributed by atoms with van der Waals surface area (Å²) in [4.78, 5) is 24.0. The Kier molecular flexibility index (Phi) is 3.75. The van der Waals surface area contributed by atoms with Gasteiger partial charge in [-0.1, -0.05) is 0 Å². The van der Waals surface area contributed by atoms with Crippen LogP contribution >= 0.6 is 12.2 Å². The quantitative estimate of drug-likeness (QED) is 0.326. The fourth-order valence-corrected chi connectivity index (χ4v) is 0.879. The number of H-pyrrole nitrogens is 1. The SMILES string of the molecule is NC(=S)N/N=C/Cn1ccc(=O)[nH]c1=O. The second kappa shape index (κ2) is 5.05. The zero-order valence-electron chi connectivity index (χ0n) is 7.64. The van der Waals surface area contributed by atoms with E-state index in [0.29, 0.717) is 0 Å². The summed E-state index contributed by atoms with van der Waals surface area (Å²) in [6.45, 7) is 0.214. The van der Waals surface area contributed by atoms with E-state index in [-0.39, 0.29) is 11.7 Å². The molecule has 0 aliphatic carbocycles. The van der Waals surface area contributed by atoms with Gasteiger partial charge in [0.2, 0.25) is 0 Å². The molecule has 0 bridgehead atoms. The third-order valence-corrected chi connectivity index (χ3v) is 1.53. The summed E-state index contributed by atoms with van der Waals surface area (Å²) >= 11 is 4.51. The third-order valence-electron chi connectivity index (χ3n) is 1.44. The van der Waals surface area contributed by atoms with Crippen molar-refractivity contribution >= 4 is 23.5 Å². The first-order valence-corrected chi connectivity index (χ1v) is 4.37. The molecule has 0 fully saturated rings. The van der Waals surface area contributed by atoms with Crippen LogP contribution in [0.1, 0.15) is 0 Å². The van der Waals surface area contributed by atoms with Crippen LogP contribution < -0.4 is 22.4 Å². The minimum absolute atomic E-state index is 0.0417. The third kappa shape index (κ3) is 3.73. The Morgan fingerprint density at radius 3 is 3.07 bits per heavy atom. The number of aromatic nitrogens is 2. The highest BCUT2D eigenvalue weighted by Crippen LogP contribution is 1.72. The Hall–Kier alpha value is -1.96. The Labute approximate surface area is 89.6 Å². The van der Waals surface area contributed by atoms with E-state index in [1.807, 2.05) is 0 Å². The van der Waals surface area contributed by atoms with Gasteiger partial charge in [-0.3, -0.25) is 19.8 Å². The molecule has 0 saturated carbocycles. The fraction of sp³-hybridized carbons (Fsp3) is 0.143. The van der Waals surface area contributed by atoms with Crippen molar-refractivity contribution in [3.63, 3.8) is 0 Å². The molecule has 0 aliphatic heterocycles. The van der Waals surface area contributed by atoms with E-state index in [9.17, 15) is 9.59 Å². The van der Waals surface area contributed by atoms with E-state index in [0.717, 1.165) is 0 Å². The number of thiocarbonyl (C=S) groups is 1. The number of rotatable bonds is 3. The maximum absolute atomic E-state index is 11.1. The van der Waals surface area contributed by atoms with Crippen molar-refractivity contribution in [2.45, 2.75) is 6.54 Å². The van der Waals surface area contributed by atoms with E-state index in [2.05, 4.69) is 27.7 Å². The summed E-state index contributed by atoms with van der Waals surface area (Å²) in [6.07, 6.45) is 2.77. The van der Waals surface area contributed by atoms with Gasteiger partial charge in [0.1, 0.15) is 0 Å².